The van der Waals surface area contributed by atoms with Crippen LogP contribution in [0.1, 0.15) is 50.2 Å². The van der Waals surface area contributed by atoms with Crippen molar-refractivity contribution in [2.45, 2.75) is 33.2 Å². The van der Waals surface area contributed by atoms with Gasteiger partial charge in [-0.3, -0.25) is 19.3 Å². The minimum absolute atomic E-state index is 0.0827. The molecule has 0 radical (unpaired) electrons. The first-order valence-electron chi connectivity index (χ1n) is 8.75. The van der Waals surface area contributed by atoms with Crippen molar-refractivity contribution in [2.24, 2.45) is 0 Å². The van der Waals surface area contributed by atoms with E-state index in [0.717, 1.165) is 16.7 Å². The number of amides is 3. The fraction of sp³-hybridized carbons (Fsp3) is 0.286. The summed E-state index contributed by atoms with van der Waals surface area (Å²) in [5.41, 5.74) is 4.07. The van der Waals surface area contributed by atoms with Crippen molar-refractivity contribution in [3.05, 3.63) is 70.3 Å². The van der Waals surface area contributed by atoms with E-state index in [9.17, 15) is 14.4 Å². The van der Waals surface area contributed by atoms with Gasteiger partial charge in [0, 0.05) is 19.5 Å². The molecule has 26 heavy (non-hydrogen) atoms. The normalized spacial score (nSPS) is 13.1. The molecule has 2 aromatic carbocycles. The number of nitrogens with zero attached hydrogens (tertiary/aromatic N) is 1. The molecule has 5 nitrogen and oxygen atoms in total. The Bertz CT molecular complexity index is 873. The van der Waals surface area contributed by atoms with Gasteiger partial charge in [0.15, 0.2) is 0 Å². The Morgan fingerprint density at radius 3 is 2.50 bits per heavy atom. The number of rotatable bonds is 6. The zero-order valence-corrected chi connectivity index (χ0v) is 15.0. The average molecular weight is 350 g/mol. The molecule has 0 unspecified atom stereocenters. The van der Waals surface area contributed by atoms with Crippen molar-refractivity contribution in [1.29, 1.82) is 0 Å². The van der Waals surface area contributed by atoms with Gasteiger partial charge in [0.2, 0.25) is 5.91 Å². The zero-order valence-electron chi connectivity index (χ0n) is 15.0. The number of fused-ring (bicyclic) bond motifs is 1. The Balaban J connectivity index is 1.49. The molecule has 1 aliphatic rings. The van der Waals surface area contributed by atoms with E-state index in [0.29, 0.717) is 24.1 Å². The first-order chi connectivity index (χ1) is 12.5. The molecule has 5 heteroatoms. The van der Waals surface area contributed by atoms with Crippen LogP contribution in [0.5, 0.6) is 0 Å². The number of aryl methyl sites for hydroxylation is 2. The van der Waals surface area contributed by atoms with Crippen LogP contribution in [-0.4, -0.2) is 29.2 Å². The standard InChI is InChI=1S/C21H22N2O3/c1-14-9-10-17-18(12-14)21(26)23(20(17)25)11-5-8-19(24)22-13-16-7-4-3-6-15(16)2/h3-4,6-7,9-10,12H,5,8,11,13H2,1-2H3,(H,22,24). The number of hydrogen-bond donors (Lipinski definition) is 1. The molecule has 0 fully saturated rings. The van der Waals surface area contributed by atoms with Crippen LogP contribution in [0.15, 0.2) is 42.5 Å². The first kappa shape index (κ1) is 17.9. The lowest BCUT2D eigenvalue weighted by atomic mass is 10.1. The second kappa shape index (κ2) is 7.52. The van der Waals surface area contributed by atoms with E-state index < -0.39 is 0 Å². The van der Waals surface area contributed by atoms with Gasteiger partial charge < -0.3 is 5.32 Å². The smallest absolute Gasteiger partial charge is 0.261 e. The number of nitrogens with one attached hydrogen (secondary N) is 1. The van der Waals surface area contributed by atoms with Gasteiger partial charge in [0.1, 0.15) is 0 Å². The van der Waals surface area contributed by atoms with Gasteiger partial charge in [-0.25, -0.2) is 0 Å². The molecule has 0 aliphatic carbocycles. The summed E-state index contributed by atoms with van der Waals surface area (Å²) in [5.74, 6) is -0.625. The van der Waals surface area contributed by atoms with Gasteiger partial charge in [0.05, 0.1) is 11.1 Å². The Hall–Kier alpha value is -2.95. The van der Waals surface area contributed by atoms with Crippen molar-refractivity contribution in [1.82, 2.24) is 10.2 Å². The fourth-order valence-electron chi connectivity index (χ4n) is 3.10. The van der Waals surface area contributed by atoms with Crippen LogP contribution < -0.4 is 5.32 Å². The number of hydrogen-bond acceptors (Lipinski definition) is 3. The highest BCUT2D eigenvalue weighted by molar-refractivity contribution is 6.21. The number of carbonyl (C=O) groups excluding carboxylic acids is 3. The van der Waals surface area contributed by atoms with Crippen LogP contribution >= 0.6 is 0 Å². The third-order valence-corrected chi connectivity index (χ3v) is 4.65. The van der Waals surface area contributed by atoms with Crippen molar-refractivity contribution < 1.29 is 14.4 Å². The van der Waals surface area contributed by atoms with E-state index in [1.54, 1.807) is 12.1 Å². The third kappa shape index (κ3) is 3.67. The second-order valence-electron chi connectivity index (χ2n) is 6.62. The maximum absolute atomic E-state index is 12.4. The van der Waals surface area contributed by atoms with Crippen molar-refractivity contribution in [2.75, 3.05) is 6.54 Å². The van der Waals surface area contributed by atoms with Crippen molar-refractivity contribution >= 4 is 17.7 Å². The Kier molecular flexibility index (Phi) is 5.16. The minimum atomic E-state index is -0.273. The summed E-state index contributed by atoms with van der Waals surface area (Å²) in [6.45, 7) is 4.63. The number of imide groups is 1. The molecule has 0 atom stereocenters. The molecule has 3 rings (SSSR count). The lowest BCUT2D eigenvalue weighted by Gasteiger charge is -2.13. The largest absolute Gasteiger partial charge is 0.352 e. The molecule has 0 spiro atoms. The van der Waals surface area contributed by atoms with E-state index in [-0.39, 0.29) is 30.7 Å². The molecule has 1 heterocycles. The van der Waals surface area contributed by atoms with Crippen molar-refractivity contribution in [3.63, 3.8) is 0 Å². The molecule has 2 aromatic rings. The molecule has 1 N–H and O–H groups in total. The van der Waals surface area contributed by atoms with Gasteiger partial charge >= 0.3 is 0 Å². The van der Waals surface area contributed by atoms with Gasteiger partial charge in [-0.2, -0.15) is 0 Å². The van der Waals surface area contributed by atoms with Gasteiger partial charge in [-0.15, -0.1) is 0 Å². The van der Waals surface area contributed by atoms with Crippen LogP contribution in [0.2, 0.25) is 0 Å². The number of carbonyl (C=O) groups is 3. The van der Waals surface area contributed by atoms with Crippen LogP contribution in [-0.2, 0) is 11.3 Å². The predicted molar refractivity (Wildman–Crippen MR) is 98.8 cm³/mol. The van der Waals surface area contributed by atoms with E-state index in [4.69, 9.17) is 0 Å². The third-order valence-electron chi connectivity index (χ3n) is 4.65. The maximum Gasteiger partial charge on any atom is 0.261 e. The van der Waals surface area contributed by atoms with E-state index in [1.165, 1.54) is 4.90 Å². The summed E-state index contributed by atoms with van der Waals surface area (Å²) < 4.78 is 0. The van der Waals surface area contributed by atoms with Gasteiger partial charge in [0.25, 0.3) is 11.8 Å². The molecule has 0 aromatic heterocycles. The van der Waals surface area contributed by atoms with Crippen LogP contribution in [0.25, 0.3) is 0 Å². The molecule has 134 valence electrons. The lowest BCUT2D eigenvalue weighted by molar-refractivity contribution is -0.121. The van der Waals surface area contributed by atoms with Crippen LogP contribution in [0.4, 0.5) is 0 Å². The predicted octanol–water partition coefficient (Wildman–Crippen LogP) is 3.00. The second-order valence-corrected chi connectivity index (χ2v) is 6.62. The summed E-state index contributed by atoms with van der Waals surface area (Å²) >= 11 is 0. The average Bonchev–Trinajstić information content (AvgIpc) is 2.85. The molecule has 0 bridgehead atoms. The summed E-state index contributed by atoms with van der Waals surface area (Å²) in [5, 5.41) is 2.88. The quantitative estimate of drug-likeness (QED) is 0.815. The highest BCUT2D eigenvalue weighted by Crippen LogP contribution is 2.24. The fourth-order valence-corrected chi connectivity index (χ4v) is 3.10. The van der Waals surface area contributed by atoms with E-state index >= 15 is 0 Å². The molecule has 0 saturated heterocycles. The van der Waals surface area contributed by atoms with Crippen LogP contribution in [0, 0.1) is 13.8 Å². The van der Waals surface area contributed by atoms with Gasteiger partial charge in [-0.05, 0) is 43.5 Å². The Morgan fingerprint density at radius 2 is 1.73 bits per heavy atom. The van der Waals surface area contributed by atoms with Gasteiger partial charge in [-0.1, -0.05) is 35.9 Å². The molecule has 0 saturated carbocycles. The highest BCUT2D eigenvalue weighted by Gasteiger charge is 2.34. The molecular weight excluding hydrogens is 328 g/mol. The number of benzene rings is 2. The SMILES string of the molecule is Cc1ccc2c(c1)C(=O)N(CCCC(=O)NCc1ccccc1C)C2=O. The maximum atomic E-state index is 12.4. The lowest BCUT2D eigenvalue weighted by Crippen LogP contribution is -2.32. The monoisotopic (exact) mass is 350 g/mol. The topological polar surface area (TPSA) is 66.5 Å². The Labute approximate surface area is 153 Å². The summed E-state index contributed by atoms with van der Waals surface area (Å²) in [4.78, 5) is 38.0. The molecular formula is C21H22N2O3. The summed E-state index contributed by atoms with van der Waals surface area (Å²) in [6, 6.07) is 13.2. The molecule has 3 amide bonds. The molecule has 1 aliphatic heterocycles. The van der Waals surface area contributed by atoms with Crippen molar-refractivity contribution in [3.8, 4) is 0 Å². The highest BCUT2D eigenvalue weighted by atomic mass is 16.2. The summed E-state index contributed by atoms with van der Waals surface area (Å²) in [6.07, 6.45) is 0.725. The van der Waals surface area contributed by atoms with E-state index in [1.807, 2.05) is 44.2 Å². The minimum Gasteiger partial charge on any atom is -0.352 e. The van der Waals surface area contributed by atoms with Crippen LogP contribution in [0.3, 0.4) is 0 Å². The Morgan fingerprint density at radius 1 is 1.00 bits per heavy atom. The first-order valence-corrected chi connectivity index (χ1v) is 8.75. The van der Waals surface area contributed by atoms with E-state index in [2.05, 4.69) is 5.32 Å². The summed E-state index contributed by atoms with van der Waals surface area (Å²) in [7, 11) is 0. The zero-order chi connectivity index (χ0) is 18.7.